The molecule has 0 aliphatic carbocycles. The fourth-order valence-electron chi connectivity index (χ4n) is 2.97. The zero-order valence-electron chi connectivity index (χ0n) is 15.8. The molecule has 2 N–H and O–H groups in total. The summed E-state index contributed by atoms with van der Waals surface area (Å²) < 4.78 is 6.03. The zero-order chi connectivity index (χ0) is 17.8. The van der Waals surface area contributed by atoms with E-state index in [0.717, 1.165) is 17.7 Å². The molecule has 132 valence electrons. The van der Waals surface area contributed by atoms with Gasteiger partial charge in [-0.2, -0.15) is 0 Å². The Bertz CT molecular complexity index is 500. The van der Waals surface area contributed by atoms with Gasteiger partial charge in [0.2, 0.25) is 0 Å². The molecule has 1 aromatic carbocycles. The van der Waals surface area contributed by atoms with Crippen LogP contribution in [0.4, 0.5) is 0 Å². The van der Waals surface area contributed by atoms with Gasteiger partial charge in [-0.05, 0) is 50.5 Å². The second kappa shape index (κ2) is 8.16. The molecular formula is C20H34O3. The Morgan fingerprint density at radius 1 is 1.13 bits per heavy atom. The lowest BCUT2D eigenvalue weighted by Gasteiger charge is -2.29. The van der Waals surface area contributed by atoms with Gasteiger partial charge < -0.3 is 14.9 Å². The van der Waals surface area contributed by atoms with Crippen molar-refractivity contribution in [1.82, 2.24) is 0 Å². The van der Waals surface area contributed by atoms with Crippen LogP contribution in [0.5, 0.6) is 5.75 Å². The van der Waals surface area contributed by atoms with E-state index >= 15 is 0 Å². The van der Waals surface area contributed by atoms with E-state index in [1.54, 1.807) is 6.92 Å². The molecule has 3 nitrogen and oxygen atoms in total. The van der Waals surface area contributed by atoms with Crippen LogP contribution in [0.2, 0.25) is 0 Å². The molecule has 0 amide bonds. The Labute approximate surface area is 141 Å². The van der Waals surface area contributed by atoms with E-state index in [9.17, 15) is 10.2 Å². The number of aliphatic hydroxyl groups excluding tert-OH is 2. The summed E-state index contributed by atoms with van der Waals surface area (Å²) in [6.07, 6.45) is 0.0116. The Balaban J connectivity index is 3.39. The van der Waals surface area contributed by atoms with Gasteiger partial charge in [0, 0.05) is 5.56 Å². The molecule has 3 heteroatoms. The molecular weight excluding hydrogens is 288 g/mol. The Kier molecular flexibility index (Phi) is 7.09. The summed E-state index contributed by atoms with van der Waals surface area (Å²) in [5.41, 5.74) is 3.56. The number of ether oxygens (including phenoxy) is 1. The van der Waals surface area contributed by atoms with Crippen LogP contribution >= 0.6 is 0 Å². The van der Waals surface area contributed by atoms with Crippen LogP contribution in [0.15, 0.2) is 12.1 Å². The van der Waals surface area contributed by atoms with Crippen LogP contribution < -0.4 is 4.74 Å². The molecule has 23 heavy (non-hydrogen) atoms. The van der Waals surface area contributed by atoms with Gasteiger partial charge in [-0.15, -0.1) is 0 Å². The molecule has 0 aliphatic heterocycles. The third-order valence-electron chi connectivity index (χ3n) is 4.37. The van der Waals surface area contributed by atoms with Crippen LogP contribution in [0.1, 0.15) is 77.0 Å². The molecule has 1 aromatic rings. The van der Waals surface area contributed by atoms with Gasteiger partial charge in [0.25, 0.3) is 0 Å². The van der Waals surface area contributed by atoms with Crippen molar-refractivity contribution in [2.75, 3.05) is 6.61 Å². The summed E-state index contributed by atoms with van der Waals surface area (Å²) >= 11 is 0. The van der Waals surface area contributed by atoms with Gasteiger partial charge in [-0.25, -0.2) is 0 Å². The minimum atomic E-state index is -0.716. The van der Waals surface area contributed by atoms with Crippen molar-refractivity contribution in [2.45, 2.75) is 84.8 Å². The van der Waals surface area contributed by atoms with E-state index in [2.05, 4.69) is 46.8 Å². The number of aliphatic hydroxyl groups is 2. The van der Waals surface area contributed by atoms with Crippen LogP contribution in [0.3, 0.4) is 0 Å². The largest absolute Gasteiger partial charge is 0.493 e. The molecule has 0 spiro atoms. The smallest absolute Gasteiger partial charge is 0.126 e. The minimum Gasteiger partial charge on any atom is -0.493 e. The zero-order valence-corrected chi connectivity index (χ0v) is 15.8. The lowest BCUT2D eigenvalue weighted by Crippen LogP contribution is -2.25. The SMILES string of the molecule is CCOc1c(C(CC)CC(O)C(C)O)cc(C)cc1C(C)(C)C. The van der Waals surface area contributed by atoms with Gasteiger partial charge in [0.05, 0.1) is 18.8 Å². The van der Waals surface area contributed by atoms with E-state index in [0.29, 0.717) is 13.0 Å². The van der Waals surface area contributed by atoms with Gasteiger partial charge in [0.1, 0.15) is 5.75 Å². The van der Waals surface area contributed by atoms with Crippen LogP contribution in [-0.4, -0.2) is 29.0 Å². The van der Waals surface area contributed by atoms with E-state index < -0.39 is 12.2 Å². The second-order valence-electron chi connectivity index (χ2n) is 7.56. The molecule has 0 saturated heterocycles. The van der Waals surface area contributed by atoms with Crippen LogP contribution in [0, 0.1) is 6.92 Å². The first-order chi connectivity index (χ1) is 10.6. The van der Waals surface area contributed by atoms with Gasteiger partial charge in [0.15, 0.2) is 0 Å². The number of hydrogen-bond donors (Lipinski definition) is 2. The van der Waals surface area contributed by atoms with Gasteiger partial charge in [-0.3, -0.25) is 0 Å². The van der Waals surface area contributed by atoms with Crippen molar-refractivity contribution < 1.29 is 14.9 Å². The molecule has 0 saturated carbocycles. The fourth-order valence-corrected chi connectivity index (χ4v) is 2.97. The topological polar surface area (TPSA) is 49.7 Å². The summed E-state index contributed by atoms with van der Waals surface area (Å²) in [7, 11) is 0. The molecule has 0 aromatic heterocycles. The summed E-state index contributed by atoms with van der Waals surface area (Å²) in [6, 6.07) is 4.37. The van der Waals surface area contributed by atoms with E-state index in [-0.39, 0.29) is 11.3 Å². The van der Waals surface area contributed by atoms with Crippen molar-refractivity contribution in [1.29, 1.82) is 0 Å². The monoisotopic (exact) mass is 322 g/mol. The molecule has 0 heterocycles. The predicted molar refractivity (Wildman–Crippen MR) is 96.4 cm³/mol. The van der Waals surface area contributed by atoms with E-state index in [1.807, 2.05) is 6.92 Å². The fraction of sp³-hybridized carbons (Fsp3) is 0.700. The first kappa shape index (κ1) is 20.0. The third-order valence-corrected chi connectivity index (χ3v) is 4.37. The minimum absolute atomic E-state index is 0.00749. The van der Waals surface area contributed by atoms with Crippen molar-refractivity contribution in [3.8, 4) is 5.75 Å². The Morgan fingerprint density at radius 3 is 2.17 bits per heavy atom. The predicted octanol–water partition coefficient (Wildman–Crippen LogP) is 4.32. The average Bonchev–Trinajstić information content (AvgIpc) is 2.44. The van der Waals surface area contributed by atoms with Crippen molar-refractivity contribution in [3.05, 3.63) is 28.8 Å². The lowest BCUT2D eigenvalue weighted by atomic mass is 9.80. The van der Waals surface area contributed by atoms with Crippen molar-refractivity contribution >= 4 is 0 Å². The number of benzene rings is 1. The Hall–Kier alpha value is -1.06. The number of hydrogen-bond acceptors (Lipinski definition) is 3. The second-order valence-corrected chi connectivity index (χ2v) is 7.56. The maximum absolute atomic E-state index is 10.1. The van der Waals surface area contributed by atoms with Gasteiger partial charge >= 0.3 is 0 Å². The molecule has 3 unspecified atom stereocenters. The Morgan fingerprint density at radius 2 is 1.74 bits per heavy atom. The molecule has 0 fully saturated rings. The highest BCUT2D eigenvalue weighted by atomic mass is 16.5. The van der Waals surface area contributed by atoms with Crippen LogP contribution in [-0.2, 0) is 5.41 Å². The molecule has 3 atom stereocenters. The average molecular weight is 322 g/mol. The molecule has 0 radical (unpaired) electrons. The quantitative estimate of drug-likeness (QED) is 0.786. The first-order valence-corrected chi connectivity index (χ1v) is 8.75. The standard InChI is InChI=1S/C20H34O3/c1-8-15(12-18(22)14(4)21)16-10-13(3)11-17(20(5,6)7)19(16)23-9-2/h10-11,14-15,18,21-22H,8-9,12H2,1-7H3. The van der Waals surface area contributed by atoms with E-state index in [1.165, 1.54) is 11.1 Å². The summed E-state index contributed by atoms with van der Waals surface area (Å²) in [5, 5.41) is 19.8. The maximum atomic E-state index is 10.1. The lowest BCUT2D eigenvalue weighted by molar-refractivity contribution is 0.0213. The highest BCUT2D eigenvalue weighted by Gasteiger charge is 2.27. The first-order valence-electron chi connectivity index (χ1n) is 8.75. The third kappa shape index (κ3) is 5.22. The normalized spacial score (nSPS) is 16.0. The summed E-state index contributed by atoms with van der Waals surface area (Å²) in [4.78, 5) is 0. The maximum Gasteiger partial charge on any atom is 0.126 e. The summed E-state index contributed by atoms with van der Waals surface area (Å²) in [5.74, 6) is 1.12. The number of aryl methyl sites for hydroxylation is 1. The van der Waals surface area contributed by atoms with E-state index in [4.69, 9.17) is 4.74 Å². The van der Waals surface area contributed by atoms with Crippen molar-refractivity contribution in [2.24, 2.45) is 0 Å². The van der Waals surface area contributed by atoms with Crippen LogP contribution in [0.25, 0.3) is 0 Å². The highest BCUT2D eigenvalue weighted by molar-refractivity contribution is 5.49. The summed E-state index contributed by atoms with van der Waals surface area (Å²) in [6.45, 7) is 15.1. The highest BCUT2D eigenvalue weighted by Crippen LogP contribution is 2.41. The molecule has 0 bridgehead atoms. The molecule has 0 aliphatic rings. The van der Waals surface area contributed by atoms with Gasteiger partial charge in [-0.1, -0.05) is 45.4 Å². The number of rotatable bonds is 7. The molecule has 1 rings (SSSR count). The van der Waals surface area contributed by atoms with Crippen molar-refractivity contribution in [3.63, 3.8) is 0 Å².